The fourth-order valence-electron chi connectivity index (χ4n) is 1.02. The first-order valence-electron chi connectivity index (χ1n) is 4.87. The minimum Gasteiger partial charge on any atom is -0.485 e. The van der Waals surface area contributed by atoms with Crippen LogP contribution in [-0.2, 0) is 0 Å². The highest BCUT2D eigenvalue weighted by atomic mass is 19.1. The lowest BCUT2D eigenvalue weighted by atomic mass is 10.1. The van der Waals surface area contributed by atoms with Gasteiger partial charge >= 0.3 is 0 Å². The van der Waals surface area contributed by atoms with Crippen molar-refractivity contribution in [2.75, 3.05) is 0 Å². The molecule has 0 N–H and O–H groups in total. The fourth-order valence-corrected chi connectivity index (χ4v) is 1.02. The van der Waals surface area contributed by atoms with Crippen molar-refractivity contribution in [3.63, 3.8) is 0 Å². The van der Waals surface area contributed by atoms with Crippen LogP contribution in [0.1, 0.15) is 32.8 Å². The third-order valence-corrected chi connectivity index (χ3v) is 2.30. The number of nitriles is 1. The second-order valence-corrected chi connectivity index (χ2v) is 3.97. The van der Waals surface area contributed by atoms with E-state index in [0.29, 0.717) is 5.56 Å². The molecule has 0 spiro atoms. The van der Waals surface area contributed by atoms with E-state index in [2.05, 4.69) is 0 Å². The van der Waals surface area contributed by atoms with Gasteiger partial charge in [0.05, 0.1) is 11.6 Å². The Labute approximate surface area is 89.3 Å². The molecule has 0 unspecified atom stereocenters. The van der Waals surface area contributed by atoms with Gasteiger partial charge in [-0.3, -0.25) is 0 Å². The highest BCUT2D eigenvalue weighted by Crippen LogP contribution is 2.24. The highest BCUT2D eigenvalue weighted by Gasteiger charge is 2.18. The van der Waals surface area contributed by atoms with Crippen LogP contribution in [-0.4, -0.2) is 5.60 Å². The van der Waals surface area contributed by atoms with Crippen LogP contribution in [0, 0.1) is 17.1 Å². The SMILES string of the molecule is CCC(C)(C)Oc1ccc(C#N)cc1F. The van der Waals surface area contributed by atoms with Gasteiger partial charge in [-0.05, 0) is 38.5 Å². The summed E-state index contributed by atoms with van der Waals surface area (Å²) in [6, 6.07) is 6.10. The van der Waals surface area contributed by atoms with Crippen LogP contribution in [0.25, 0.3) is 0 Å². The van der Waals surface area contributed by atoms with E-state index in [1.807, 2.05) is 26.8 Å². The molecule has 1 rings (SSSR count). The summed E-state index contributed by atoms with van der Waals surface area (Å²) in [6.45, 7) is 5.76. The summed E-state index contributed by atoms with van der Waals surface area (Å²) < 4.78 is 18.9. The monoisotopic (exact) mass is 207 g/mol. The van der Waals surface area contributed by atoms with E-state index in [0.717, 1.165) is 6.42 Å². The molecular formula is C12H14FNO. The lowest BCUT2D eigenvalue weighted by Gasteiger charge is -2.25. The molecule has 1 aromatic rings. The third-order valence-electron chi connectivity index (χ3n) is 2.30. The van der Waals surface area contributed by atoms with Crippen molar-refractivity contribution >= 4 is 0 Å². The summed E-state index contributed by atoms with van der Waals surface area (Å²) >= 11 is 0. The van der Waals surface area contributed by atoms with Crippen molar-refractivity contribution in [1.82, 2.24) is 0 Å². The maximum Gasteiger partial charge on any atom is 0.166 e. The van der Waals surface area contributed by atoms with Gasteiger partial charge in [0, 0.05) is 0 Å². The summed E-state index contributed by atoms with van der Waals surface area (Å²) in [6.07, 6.45) is 0.784. The van der Waals surface area contributed by atoms with Gasteiger partial charge in [-0.2, -0.15) is 5.26 Å². The van der Waals surface area contributed by atoms with Crippen molar-refractivity contribution in [3.05, 3.63) is 29.6 Å². The number of hydrogen-bond acceptors (Lipinski definition) is 2. The van der Waals surface area contributed by atoms with Gasteiger partial charge < -0.3 is 4.74 Å². The maximum absolute atomic E-state index is 13.4. The van der Waals surface area contributed by atoms with Gasteiger partial charge in [-0.1, -0.05) is 6.92 Å². The number of benzene rings is 1. The van der Waals surface area contributed by atoms with Gasteiger partial charge in [0.15, 0.2) is 11.6 Å². The smallest absolute Gasteiger partial charge is 0.166 e. The van der Waals surface area contributed by atoms with Crippen molar-refractivity contribution in [2.45, 2.75) is 32.8 Å². The molecule has 0 atom stereocenters. The topological polar surface area (TPSA) is 33.0 Å². The van der Waals surface area contributed by atoms with Crippen LogP contribution in [0.5, 0.6) is 5.75 Å². The zero-order valence-electron chi connectivity index (χ0n) is 9.17. The largest absolute Gasteiger partial charge is 0.485 e. The van der Waals surface area contributed by atoms with Crippen LogP contribution in [0.15, 0.2) is 18.2 Å². The van der Waals surface area contributed by atoms with Crippen LogP contribution >= 0.6 is 0 Å². The molecule has 3 heteroatoms. The number of halogens is 1. The minimum atomic E-state index is -0.490. The Morgan fingerprint density at radius 2 is 2.13 bits per heavy atom. The van der Waals surface area contributed by atoms with E-state index < -0.39 is 11.4 Å². The lowest BCUT2D eigenvalue weighted by molar-refractivity contribution is 0.0995. The second kappa shape index (κ2) is 4.31. The van der Waals surface area contributed by atoms with E-state index in [9.17, 15) is 4.39 Å². The maximum atomic E-state index is 13.4. The number of rotatable bonds is 3. The van der Waals surface area contributed by atoms with Crippen LogP contribution in [0.2, 0.25) is 0 Å². The predicted octanol–water partition coefficient (Wildman–Crippen LogP) is 3.26. The zero-order valence-corrected chi connectivity index (χ0v) is 9.17. The first-order chi connectivity index (χ1) is 6.98. The molecule has 0 aromatic heterocycles. The molecule has 0 aliphatic heterocycles. The van der Waals surface area contributed by atoms with Crippen LogP contribution in [0.3, 0.4) is 0 Å². The van der Waals surface area contributed by atoms with Gasteiger partial charge in [0.25, 0.3) is 0 Å². The summed E-state index contributed by atoms with van der Waals surface area (Å²) in [5.41, 5.74) is -0.0937. The standard InChI is InChI=1S/C12H14FNO/c1-4-12(2,3)15-11-6-5-9(8-14)7-10(11)13/h5-7H,4H2,1-3H3. The quantitative estimate of drug-likeness (QED) is 0.762. The zero-order chi connectivity index (χ0) is 11.5. The molecule has 0 aliphatic rings. The average Bonchev–Trinajstić information content (AvgIpc) is 2.21. The molecule has 0 fully saturated rings. The molecule has 0 amide bonds. The predicted molar refractivity (Wildman–Crippen MR) is 56.1 cm³/mol. The van der Waals surface area contributed by atoms with Gasteiger partial charge in [0.2, 0.25) is 0 Å². The molecule has 80 valence electrons. The van der Waals surface area contributed by atoms with Crippen molar-refractivity contribution in [3.8, 4) is 11.8 Å². The number of nitrogens with zero attached hydrogens (tertiary/aromatic N) is 1. The summed E-state index contributed by atoms with van der Waals surface area (Å²) in [7, 11) is 0. The average molecular weight is 207 g/mol. The van der Waals surface area contributed by atoms with Gasteiger partial charge in [-0.15, -0.1) is 0 Å². The second-order valence-electron chi connectivity index (χ2n) is 3.97. The van der Waals surface area contributed by atoms with Crippen molar-refractivity contribution in [2.24, 2.45) is 0 Å². The van der Waals surface area contributed by atoms with Gasteiger partial charge in [-0.25, -0.2) is 4.39 Å². The Hall–Kier alpha value is -1.56. The van der Waals surface area contributed by atoms with E-state index in [1.54, 1.807) is 6.07 Å². The molecule has 0 aliphatic carbocycles. The minimum absolute atomic E-state index is 0.195. The van der Waals surface area contributed by atoms with Crippen molar-refractivity contribution in [1.29, 1.82) is 5.26 Å². The molecular weight excluding hydrogens is 193 g/mol. The van der Waals surface area contributed by atoms with E-state index >= 15 is 0 Å². The van der Waals surface area contributed by atoms with E-state index in [-0.39, 0.29) is 5.75 Å². The molecule has 0 radical (unpaired) electrons. The van der Waals surface area contributed by atoms with Gasteiger partial charge in [0.1, 0.15) is 5.60 Å². The van der Waals surface area contributed by atoms with Crippen LogP contribution in [0.4, 0.5) is 4.39 Å². The molecule has 0 saturated carbocycles. The Kier molecular flexibility index (Phi) is 3.31. The number of ether oxygens (including phenoxy) is 1. The Morgan fingerprint density at radius 1 is 1.47 bits per heavy atom. The fraction of sp³-hybridized carbons (Fsp3) is 0.417. The third kappa shape index (κ3) is 2.95. The molecule has 1 aromatic carbocycles. The summed E-state index contributed by atoms with van der Waals surface area (Å²) in [5, 5.41) is 8.57. The lowest BCUT2D eigenvalue weighted by Crippen LogP contribution is -2.27. The Balaban J connectivity index is 2.93. The van der Waals surface area contributed by atoms with Crippen molar-refractivity contribution < 1.29 is 9.13 Å². The Bertz CT molecular complexity index is 393. The van der Waals surface area contributed by atoms with Crippen LogP contribution < -0.4 is 4.74 Å². The van der Waals surface area contributed by atoms with E-state index in [1.165, 1.54) is 12.1 Å². The summed E-state index contributed by atoms with van der Waals surface area (Å²) in [5.74, 6) is -0.295. The highest BCUT2D eigenvalue weighted by molar-refractivity contribution is 5.36. The molecule has 0 heterocycles. The normalized spacial score (nSPS) is 10.9. The van der Waals surface area contributed by atoms with E-state index in [4.69, 9.17) is 10.00 Å². The first-order valence-corrected chi connectivity index (χ1v) is 4.87. The first kappa shape index (κ1) is 11.5. The molecule has 0 saturated heterocycles. The molecule has 0 bridgehead atoms. The molecule has 15 heavy (non-hydrogen) atoms. The molecule has 2 nitrogen and oxygen atoms in total. The number of hydrogen-bond donors (Lipinski definition) is 0. The summed E-state index contributed by atoms with van der Waals surface area (Å²) in [4.78, 5) is 0. The Morgan fingerprint density at radius 3 is 2.60 bits per heavy atom.